The third-order valence-electron chi connectivity index (χ3n) is 1.88. The van der Waals surface area contributed by atoms with Crippen molar-refractivity contribution in [2.24, 2.45) is 5.92 Å². The fourth-order valence-corrected chi connectivity index (χ4v) is 1.73. The highest BCUT2D eigenvalue weighted by atomic mass is 32.2. The van der Waals surface area contributed by atoms with E-state index in [2.05, 4.69) is 19.2 Å². The van der Waals surface area contributed by atoms with Crippen LogP contribution in [0.3, 0.4) is 0 Å². The molecule has 0 bridgehead atoms. The lowest BCUT2D eigenvalue weighted by molar-refractivity contribution is 0.226. The summed E-state index contributed by atoms with van der Waals surface area (Å²) in [5.41, 5.74) is 0. The third kappa shape index (κ3) is 8.47. The summed E-state index contributed by atoms with van der Waals surface area (Å²) in [4.78, 5) is 0. The second-order valence-corrected chi connectivity index (χ2v) is 6.35. The maximum atomic E-state index is 10.8. The highest BCUT2D eigenvalue weighted by Gasteiger charge is 2.10. The fraction of sp³-hybridized carbons (Fsp3) is 1.00. The minimum absolute atomic E-state index is 0.0109. The van der Waals surface area contributed by atoms with Crippen molar-refractivity contribution < 1.29 is 13.5 Å². The van der Waals surface area contributed by atoms with E-state index in [0.29, 0.717) is 12.5 Å². The van der Waals surface area contributed by atoms with Gasteiger partial charge in [-0.3, -0.25) is 0 Å². The number of hydrogen-bond acceptors (Lipinski definition) is 4. The van der Waals surface area contributed by atoms with E-state index >= 15 is 0 Å². The number of aliphatic hydroxyl groups excluding tert-OH is 1. The van der Waals surface area contributed by atoms with Gasteiger partial charge in [0.15, 0.2) is 0 Å². The number of rotatable bonds is 7. The largest absolute Gasteiger partial charge is 0.395 e. The summed E-state index contributed by atoms with van der Waals surface area (Å²) in [6.07, 6.45) is 2.07. The van der Waals surface area contributed by atoms with Crippen LogP contribution in [0.2, 0.25) is 0 Å². The van der Waals surface area contributed by atoms with Crippen LogP contribution in [0.5, 0.6) is 0 Å². The molecule has 5 heteroatoms. The van der Waals surface area contributed by atoms with Crippen molar-refractivity contribution in [2.45, 2.75) is 26.3 Å². The summed E-state index contributed by atoms with van der Waals surface area (Å²) in [6.45, 7) is 4.61. The van der Waals surface area contributed by atoms with Crippen molar-refractivity contribution in [3.05, 3.63) is 0 Å². The zero-order valence-corrected chi connectivity index (χ0v) is 9.97. The fourth-order valence-electron chi connectivity index (χ4n) is 1.24. The van der Waals surface area contributed by atoms with Crippen LogP contribution in [-0.2, 0) is 9.84 Å². The molecular weight excluding hydrogens is 202 g/mol. The van der Waals surface area contributed by atoms with Crippen molar-refractivity contribution in [1.82, 2.24) is 5.32 Å². The quantitative estimate of drug-likeness (QED) is 0.639. The summed E-state index contributed by atoms with van der Waals surface area (Å²) in [5, 5.41) is 12.0. The van der Waals surface area contributed by atoms with Crippen LogP contribution in [0.1, 0.15) is 20.3 Å². The van der Waals surface area contributed by atoms with Crippen LogP contribution < -0.4 is 5.32 Å². The molecule has 0 radical (unpaired) electrons. The molecule has 0 heterocycles. The van der Waals surface area contributed by atoms with E-state index in [1.54, 1.807) is 0 Å². The lowest BCUT2D eigenvalue weighted by atomic mass is 10.0. The monoisotopic (exact) mass is 223 g/mol. The smallest absolute Gasteiger partial charge is 0.148 e. The Labute approximate surface area is 86.6 Å². The molecule has 1 unspecified atom stereocenters. The Morgan fingerprint density at radius 3 is 2.29 bits per heavy atom. The summed E-state index contributed by atoms with van der Waals surface area (Å²) >= 11 is 0. The predicted molar refractivity (Wildman–Crippen MR) is 58.0 cm³/mol. The number of nitrogens with one attached hydrogen (secondary N) is 1. The van der Waals surface area contributed by atoms with Gasteiger partial charge in [0.25, 0.3) is 0 Å². The van der Waals surface area contributed by atoms with Crippen LogP contribution in [0.25, 0.3) is 0 Å². The van der Waals surface area contributed by atoms with Gasteiger partial charge in [-0.2, -0.15) is 0 Å². The topological polar surface area (TPSA) is 66.4 Å². The molecule has 14 heavy (non-hydrogen) atoms. The Balaban J connectivity index is 3.74. The zero-order valence-electron chi connectivity index (χ0n) is 9.16. The van der Waals surface area contributed by atoms with Crippen LogP contribution in [0.4, 0.5) is 0 Å². The second-order valence-electron chi connectivity index (χ2n) is 4.09. The maximum Gasteiger partial charge on any atom is 0.148 e. The Morgan fingerprint density at radius 1 is 1.36 bits per heavy atom. The van der Waals surface area contributed by atoms with E-state index < -0.39 is 9.84 Å². The van der Waals surface area contributed by atoms with Gasteiger partial charge in [-0.05, 0) is 12.3 Å². The van der Waals surface area contributed by atoms with Crippen molar-refractivity contribution in [2.75, 3.05) is 25.2 Å². The first-order valence-electron chi connectivity index (χ1n) is 4.87. The van der Waals surface area contributed by atoms with Gasteiger partial charge >= 0.3 is 0 Å². The Bertz CT molecular complexity index is 236. The minimum Gasteiger partial charge on any atom is -0.395 e. The van der Waals surface area contributed by atoms with Crippen LogP contribution in [-0.4, -0.2) is 44.7 Å². The van der Waals surface area contributed by atoms with Crippen molar-refractivity contribution >= 4 is 9.84 Å². The molecule has 0 saturated carbocycles. The molecule has 0 aromatic rings. The first-order chi connectivity index (χ1) is 6.35. The highest BCUT2D eigenvalue weighted by Crippen LogP contribution is 2.03. The Kier molecular flexibility index (Phi) is 6.31. The molecule has 2 N–H and O–H groups in total. The first-order valence-corrected chi connectivity index (χ1v) is 6.93. The van der Waals surface area contributed by atoms with E-state index in [9.17, 15) is 8.42 Å². The molecule has 4 nitrogen and oxygen atoms in total. The summed E-state index contributed by atoms with van der Waals surface area (Å²) in [6, 6.07) is 0.0109. The predicted octanol–water partition coefficient (Wildman–Crippen LogP) is 0.0276. The Morgan fingerprint density at radius 2 is 1.93 bits per heavy atom. The van der Waals surface area contributed by atoms with Gasteiger partial charge in [-0.15, -0.1) is 0 Å². The van der Waals surface area contributed by atoms with Gasteiger partial charge in [0.2, 0.25) is 0 Å². The molecule has 0 aliphatic carbocycles. The summed E-state index contributed by atoms with van der Waals surface area (Å²) in [7, 11) is -2.90. The van der Waals surface area contributed by atoms with E-state index in [0.717, 1.165) is 6.42 Å². The molecule has 0 fully saturated rings. The standard InChI is InChI=1S/C9H21NO3S/c1-8(2)6-9(7-11)10-4-5-14(3,12)13/h8-11H,4-7H2,1-3H3. The zero-order chi connectivity index (χ0) is 11.2. The van der Waals surface area contributed by atoms with Gasteiger partial charge < -0.3 is 10.4 Å². The maximum absolute atomic E-state index is 10.8. The minimum atomic E-state index is -2.90. The number of aliphatic hydroxyl groups is 1. The van der Waals surface area contributed by atoms with Crippen LogP contribution >= 0.6 is 0 Å². The van der Waals surface area contributed by atoms with Crippen molar-refractivity contribution in [3.8, 4) is 0 Å². The molecule has 0 aromatic heterocycles. The molecule has 0 aliphatic rings. The average Bonchev–Trinajstić information content (AvgIpc) is 1.99. The van der Waals surface area contributed by atoms with Crippen LogP contribution in [0, 0.1) is 5.92 Å². The van der Waals surface area contributed by atoms with E-state index in [1.165, 1.54) is 6.26 Å². The Hall–Kier alpha value is -0.130. The average molecular weight is 223 g/mol. The molecule has 0 aliphatic heterocycles. The normalized spacial score (nSPS) is 14.6. The van der Waals surface area contributed by atoms with Crippen molar-refractivity contribution in [1.29, 1.82) is 0 Å². The number of sulfone groups is 1. The van der Waals surface area contributed by atoms with Crippen LogP contribution in [0.15, 0.2) is 0 Å². The highest BCUT2D eigenvalue weighted by molar-refractivity contribution is 7.90. The third-order valence-corrected chi connectivity index (χ3v) is 2.83. The molecule has 0 spiro atoms. The van der Waals surface area contributed by atoms with E-state index in [-0.39, 0.29) is 18.4 Å². The molecule has 0 aromatic carbocycles. The van der Waals surface area contributed by atoms with E-state index in [4.69, 9.17) is 5.11 Å². The van der Waals surface area contributed by atoms with Gasteiger partial charge in [0, 0.05) is 18.8 Å². The molecule has 0 amide bonds. The molecular formula is C9H21NO3S. The first kappa shape index (κ1) is 13.9. The molecule has 0 saturated heterocycles. The summed E-state index contributed by atoms with van der Waals surface area (Å²) in [5.74, 6) is 0.625. The second kappa shape index (κ2) is 6.37. The molecule has 0 rings (SSSR count). The summed E-state index contributed by atoms with van der Waals surface area (Å²) < 4.78 is 21.6. The SMILES string of the molecule is CC(C)CC(CO)NCCS(C)(=O)=O. The number of hydrogen-bond donors (Lipinski definition) is 2. The molecule has 86 valence electrons. The molecule has 1 atom stereocenters. The van der Waals surface area contributed by atoms with Gasteiger partial charge in [0.05, 0.1) is 12.4 Å². The lowest BCUT2D eigenvalue weighted by Gasteiger charge is -2.17. The van der Waals surface area contributed by atoms with Crippen molar-refractivity contribution in [3.63, 3.8) is 0 Å². The van der Waals surface area contributed by atoms with E-state index in [1.807, 2.05) is 0 Å². The van der Waals surface area contributed by atoms with Gasteiger partial charge in [-0.25, -0.2) is 8.42 Å². The van der Waals surface area contributed by atoms with Gasteiger partial charge in [-0.1, -0.05) is 13.8 Å². The lowest BCUT2D eigenvalue weighted by Crippen LogP contribution is -2.36. The van der Waals surface area contributed by atoms with Gasteiger partial charge in [0.1, 0.15) is 9.84 Å².